The highest BCUT2D eigenvalue weighted by Crippen LogP contribution is 2.32. The lowest BCUT2D eigenvalue weighted by Crippen LogP contribution is -2.53. The van der Waals surface area contributed by atoms with Gasteiger partial charge in [-0.15, -0.1) is 0 Å². The van der Waals surface area contributed by atoms with Crippen LogP contribution in [0.5, 0.6) is 0 Å². The van der Waals surface area contributed by atoms with E-state index in [2.05, 4.69) is 10.6 Å². The Labute approximate surface area is 220 Å². The maximum absolute atomic E-state index is 13.5. The Morgan fingerprint density at radius 3 is 2.21 bits per heavy atom. The first-order valence-electron chi connectivity index (χ1n) is 12.3. The lowest BCUT2D eigenvalue weighted by molar-refractivity contribution is -0.136. The molecule has 0 radical (unpaired) electrons. The van der Waals surface area contributed by atoms with Crippen LogP contribution >= 0.6 is 0 Å². The van der Waals surface area contributed by atoms with E-state index >= 15 is 0 Å². The summed E-state index contributed by atoms with van der Waals surface area (Å²) in [5, 5.41) is 5.33. The van der Waals surface area contributed by atoms with Crippen LogP contribution in [0.4, 0.5) is 8.78 Å². The van der Waals surface area contributed by atoms with Crippen LogP contribution in [0.3, 0.4) is 0 Å². The molecule has 3 atom stereocenters. The van der Waals surface area contributed by atoms with Gasteiger partial charge in [-0.1, -0.05) is 66.7 Å². The van der Waals surface area contributed by atoms with Crippen LogP contribution in [-0.4, -0.2) is 41.8 Å². The Bertz CT molecular complexity index is 1330. The predicted molar refractivity (Wildman–Crippen MR) is 141 cm³/mol. The van der Waals surface area contributed by atoms with Gasteiger partial charge in [0, 0.05) is 19.5 Å². The molecule has 1 aliphatic heterocycles. The summed E-state index contributed by atoms with van der Waals surface area (Å²) in [5.74, 6) is -2.95. The van der Waals surface area contributed by atoms with Gasteiger partial charge >= 0.3 is 0 Å². The third-order valence-electron chi connectivity index (χ3n) is 6.51. The number of benzene rings is 3. The van der Waals surface area contributed by atoms with E-state index in [9.17, 15) is 23.2 Å². The molecule has 6 nitrogen and oxygen atoms in total. The molecule has 0 saturated heterocycles. The van der Waals surface area contributed by atoms with E-state index in [4.69, 9.17) is 0 Å². The Morgan fingerprint density at radius 2 is 1.58 bits per heavy atom. The highest BCUT2D eigenvalue weighted by atomic mass is 19.1. The highest BCUT2D eigenvalue weighted by Gasteiger charge is 2.33. The van der Waals surface area contributed by atoms with E-state index in [0.29, 0.717) is 0 Å². The normalized spacial score (nSPS) is 18.3. The van der Waals surface area contributed by atoms with Gasteiger partial charge in [-0.05, 0) is 41.3 Å². The third kappa shape index (κ3) is 6.51. The van der Waals surface area contributed by atoms with Crippen molar-refractivity contribution in [1.82, 2.24) is 15.5 Å². The molecule has 1 aliphatic rings. The second-order valence-electron chi connectivity index (χ2n) is 9.37. The summed E-state index contributed by atoms with van der Waals surface area (Å²) in [5.41, 5.74) is 2.95. The zero-order chi connectivity index (χ0) is 27.2. The van der Waals surface area contributed by atoms with Gasteiger partial charge in [0.25, 0.3) is 0 Å². The van der Waals surface area contributed by atoms with Gasteiger partial charge < -0.3 is 15.5 Å². The molecule has 2 N–H and O–H groups in total. The van der Waals surface area contributed by atoms with Crippen LogP contribution < -0.4 is 10.6 Å². The first-order valence-corrected chi connectivity index (χ1v) is 12.3. The minimum atomic E-state index is -0.976. The lowest BCUT2D eigenvalue weighted by Gasteiger charge is -2.28. The monoisotopic (exact) mass is 517 g/mol. The molecule has 0 saturated carbocycles. The van der Waals surface area contributed by atoms with E-state index in [-0.39, 0.29) is 30.4 Å². The molecule has 0 unspecified atom stereocenters. The second kappa shape index (κ2) is 11.8. The van der Waals surface area contributed by atoms with Crippen LogP contribution in [0.2, 0.25) is 0 Å². The molecule has 4 rings (SSSR count). The van der Waals surface area contributed by atoms with Crippen LogP contribution in [0.25, 0.3) is 5.57 Å². The van der Waals surface area contributed by atoms with E-state index in [1.807, 2.05) is 66.7 Å². The number of amides is 3. The molecular weight excluding hydrogens is 488 g/mol. The number of nitrogens with zero attached hydrogens (tertiary/aromatic N) is 1. The van der Waals surface area contributed by atoms with E-state index in [0.717, 1.165) is 34.9 Å². The largest absolute Gasteiger partial charge is 0.344 e. The SMILES string of the molecule is C[C@H](NC(=O)Cc1cc(F)cc(F)c1)C(=O)N[C@H]1CC(c2ccccc2)=C[C@H](c2ccccc2)N(C)C1=O. The van der Waals surface area contributed by atoms with Crippen molar-refractivity contribution in [2.45, 2.75) is 37.9 Å². The van der Waals surface area contributed by atoms with Gasteiger partial charge in [0.05, 0.1) is 12.5 Å². The van der Waals surface area contributed by atoms with Crippen molar-refractivity contribution in [3.8, 4) is 0 Å². The summed E-state index contributed by atoms with van der Waals surface area (Å²) in [6.07, 6.45) is 2.01. The van der Waals surface area contributed by atoms with Crippen molar-refractivity contribution >= 4 is 23.3 Å². The number of likely N-dealkylation sites (N-methyl/N-ethyl adjacent to an activating group) is 1. The van der Waals surface area contributed by atoms with Crippen molar-refractivity contribution in [2.24, 2.45) is 0 Å². The minimum absolute atomic E-state index is 0.151. The van der Waals surface area contributed by atoms with Crippen LogP contribution in [-0.2, 0) is 20.8 Å². The zero-order valence-corrected chi connectivity index (χ0v) is 21.2. The molecular formula is C30H29F2N3O3. The number of carbonyl (C=O) groups is 3. The molecule has 3 aromatic carbocycles. The fraction of sp³-hybridized carbons (Fsp3) is 0.233. The Kier molecular flexibility index (Phi) is 8.31. The standard InChI is InChI=1S/C30H29F2N3O3/c1-19(33-28(36)15-20-13-24(31)18-25(32)14-20)29(37)34-26-16-23(21-9-5-3-6-10-21)17-27(35(2)30(26)38)22-11-7-4-8-12-22/h3-14,17-19,26-27H,15-16H2,1-2H3,(H,33,36)(H,34,37)/t19-,26-,27+/m0/s1. The average molecular weight is 518 g/mol. The van der Waals surface area contributed by atoms with Crippen LogP contribution in [0.1, 0.15) is 36.1 Å². The molecule has 0 aromatic heterocycles. The number of rotatable bonds is 7. The van der Waals surface area contributed by atoms with Crippen molar-refractivity contribution < 1.29 is 23.2 Å². The van der Waals surface area contributed by atoms with Crippen molar-refractivity contribution in [3.63, 3.8) is 0 Å². The van der Waals surface area contributed by atoms with Crippen molar-refractivity contribution in [1.29, 1.82) is 0 Å². The molecule has 0 spiro atoms. The molecule has 3 amide bonds. The van der Waals surface area contributed by atoms with Gasteiger partial charge in [0.15, 0.2) is 0 Å². The fourth-order valence-electron chi connectivity index (χ4n) is 4.56. The number of hydrogen-bond acceptors (Lipinski definition) is 3. The van der Waals surface area contributed by atoms with E-state index in [1.165, 1.54) is 6.92 Å². The summed E-state index contributed by atoms with van der Waals surface area (Å²) >= 11 is 0. The van der Waals surface area contributed by atoms with E-state index < -0.39 is 35.5 Å². The van der Waals surface area contributed by atoms with Crippen molar-refractivity contribution in [3.05, 3.63) is 113 Å². The molecule has 8 heteroatoms. The molecule has 0 aliphatic carbocycles. The third-order valence-corrected chi connectivity index (χ3v) is 6.51. The Morgan fingerprint density at radius 1 is 0.974 bits per heavy atom. The summed E-state index contributed by atoms with van der Waals surface area (Å²) in [4.78, 5) is 40.6. The minimum Gasteiger partial charge on any atom is -0.344 e. The summed E-state index contributed by atoms with van der Waals surface area (Å²) in [6.45, 7) is 1.49. The quantitative estimate of drug-likeness (QED) is 0.494. The maximum atomic E-state index is 13.5. The van der Waals surface area contributed by atoms with Crippen molar-refractivity contribution in [2.75, 3.05) is 7.05 Å². The Hall–Kier alpha value is -4.33. The summed E-state index contributed by atoms with van der Waals surface area (Å²) in [6, 6.07) is 20.0. The number of nitrogens with one attached hydrogen (secondary N) is 2. The first-order chi connectivity index (χ1) is 18.2. The van der Waals surface area contributed by atoms with Gasteiger partial charge in [-0.25, -0.2) is 8.78 Å². The molecule has 0 fully saturated rings. The van der Waals surface area contributed by atoms with Crippen LogP contribution in [0.15, 0.2) is 84.9 Å². The van der Waals surface area contributed by atoms with Crippen LogP contribution in [0, 0.1) is 11.6 Å². The fourth-order valence-corrected chi connectivity index (χ4v) is 4.56. The molecule has 1 heterocycles. The topological polar surface area (TPSA) is 78.5 Å². The Balaban J connectivity index is 1.50. The molecule has 38 heavy (non-hydrogen) atoms. The zero-order valence-electron chi connectivity index (χ0n) is 21.2. The van der Waals surface area contributed by atoms with E-state index in [1.54, 1.807) is 11.9 Å². The summed E-state index contributed by atoms with van der Waals surface area (Å²) < 4.78 is 26.9. The number of carbonyl (C=O) groups excluding carboxylic acids is 3. The van der Waals surface area contributed by atoms with Gasteiger partial charge in [0.1, 0.15) is 23.7 Å². The second-order valence-corrected chi connectivity index (χ2v) is 9.37. The molecule has 3 aromatic rings. The number of halogens is 2. The van der Waals surface area contributed by atoms with Gasteiger partial charge in [-0.2, -0.15) is 0 Å². The smallest absolute Gasteiger partial charge is 0.245 e. The average Bonchev–Trinajstić information content (AvgIpc) is 3.01. The highest BCUT2D eigenvalue weighted by molar-refractivity contribution is 5.94. The lowest BCUT2D eigenvalue weighted by atomic mass is 9.96. The maximum Gasteiger partial charge on any atom is 0.245 e. The summed E-state index contributed by atoms with van der Waals surface area (Å²) in [7, 11) is 1.70. The number of hydrogen-bond donors (Lipinski definition) is 2. The first kappa shape index (κ1) is 26.7. The molecule has 0 bridgehead atoms. The van der Waals surface area contributed by atoms with Gasteiger partial charge in [0.2, 0.25) is 17.7 Å². The predicted octanol–water partition coefficient (Wildman–Crippen LogP) is 4.18. The molecule has 196 valence electrons. The van der Waals surface area contributed by atoms with Gasteiger partial charge in [-0.3, -0.25) is 14.4 Å².